The van der Waals surface area contributed by atoms with Gasteiger partial charge in [-0.1, -0.05) is 13.0 Å². The molecule has 3 rings (SSSR count). The molecule has 1 atom stereocenters. The van der Waals surface area contributed by atoms with E-state index in [0.717, 1.165) is 18.5 Å². The van der Waals surface area contributed by atoms with E-state index in [1.54, 1.807) is 37.4 Å². The molecule has 1 fully saturated rings. The first-order valence-corrected chi connectivity index (χ1v) is 12.1. The molecule has 1 saturated heterocycles. The third-order valence-corrected chi connectivity index (χ3v) is 6.19. The molecule has 1 N–H and O–H groups in total. The van der Waals surface area contributed by atoms with E-state index < -0.39 is 17.7 Å². The molecule has 36 heavy (non-hydrogen) atoms. The molecule has 0 aromatic heterocycles. The lowest BCUT2D eigenvalue weighted by molar-refractivity contribution is -0.139. The normalized spacial score (nSPS) is 17.1. The van der Waals surface area contributed by atoms with Gasteiger partial charge in [0, 0.05) is 12.1 Å². The van der Waals surface area contributed by atoms with Gasteiger partial charge >= 0.3 is 0 Å². The average Bonchev–Trinajstić information content (AvgIpc) is 3.11. The SMILES string of the molecule is CCCOc1ccc(C(O)=C2C(=O)C(=O)N(CCCN(C)C)C2c2ccc(OC)c(OC)c2)c(C)c1. The zero-order valence-electron chi connectivity index (χ0n) is 22.0. The second kappa shape index (κ2) is 11.9. The maximum atomic E-state index is 13.3. The van der Waals surface area contributed by atoms with Gasteiger partial charge in [-0.15, -0.1) is 0 Å². The van der Waals surface area contributed by atoms with Crippen molar-refractivity contribution in [3.8, 4) is 17.2 Å². The Morgan fingerprint density at radius 3 is 2.39 bits per heavy atom. The lowest BCUT2D eigenvalue weighted by Crippen LogP contribution is -2.32. The lowest BCUT2D eigenvalue weighted by Gasteiger charge is -2.26. The van der Waals surface area contributed by atoms with Crippen LogP contribution in [-0.2, 0) is 9.59 Å². The maximum absolute atomic E-state index is 13.3. The number of Topliss-reactive ketones (excluding diaryl/α,β-unsaturated/α-hetero) is 1. The molecule has 1 aliphatic heterocycles. The molecule has 1 amide bonds. The summed E-state index contributed by atoms with van der Waals surface area (Å²) in [6, 6.07) is 9.82. The van der Waals surface area contributed by atoms with Gasteiger partial charge in [0.05, 0.1) is 32.4 Å². The highest BCUT2D eigenvalue weighted by atomic mass is 16.5. The summed E-state index contributed by atoms with van der Waals surface area (Å²) in [7, 11) is 6.98. The molecule has 1 heterocycles. The monoisotopic (exact) mass is 496 g/mol. The van der Waals surface area contributed by atoms with E-state index in [1.165, 1.54) is 12.0 Å². The van der Waals surface area contributed by atoms with Crippen LogP contribution in [0.15, 0.2) is 42.0 Å². The van der Waals surface area contributed by atoms with E-state index in [9.17, 15) is 14.7 Å². The molecule has 0 saturated carbocycles. The van der Waals surface area contributed by atoms with Crippen LogP contribution in [0.2, 0.25) is 0 Å². The summed E-state index contributed by atoms with van der Waals surface area (Å²) in [5.74, 6) is 0.152. The van der Waals surface area contributed by atoms with E-state index in [1.807, 2.05) is 38.9 Å². The van der Waals surface area contributed by atoms with Crippen LogP contribution in [0.25, 0.3) is 5.76 Å². The second-order valence-corrected chi connectivity index (χ2v) is 9.09. The van der Waals surface area contributed by atoms with Crippen LogP contribution in [-0.4, -0.2) is 74.6 Å². The molecule has 0 spiro atoms. The van der Waals surface area contributed by atoms with Crippen molar-refractivity contribution in [2.45, 2.75) is 32.7 Å². The van der Waals surface area contributed by atoms with Crippen molar-refractivity contribution in [3.63, 3.8) is 0 Å². The van der Waals surface area contributed by atoms with Crippen LogP contribution in [0, 0.1) is 6.92 Å². The van der Waals surface area contributed by atoms with Crippen molar-refractivity contribution in [1.82, 2.24) is 9.80 Å². The molecular formula is C28H36N2O6. The highest BCUT2D eigenvalue weighted by molar-refractivity contribution is 6.46. The van der Waals surface area contributed by atoms with Crippen molar-refractivity contribution < 1.29 is 28.9 Å². The Hall–Kier alpha value is -3.52. The summed E-state index contributed by atoms with van der Waals surface area (Å²) in [5, 5.41) is 11.4. The summed E-state index contributed by atoms with van der Waals surface area (Å²) in [4.78, 5) is 30.1. The quantitative estimate of drug-likeness (QED) is 0.284. The van der Waals surface area contributed by atoms with Gasteiger partial charge in [0.1, 0.15) is 11.5 Å². The maximum Gasteiger partial charge on any atom is 0.295 e. The predicted molar refractivity (Wildman–Crippen MR) is 139 cm³/mol. The number of carbonyl (C=O) groups is 2. The number of hydrogen-bond donors (Lipinski definition) is 1. The van der Waals surface area contributed by atoms with Gasteiger partial charge in [0.15, 0.2) is 11.5 Å². The van der Waals surface area contributed by atoms with Gasteiger partial charge in [0.2, 0.25) is 0 Å². The molecule has 0 radical (unpaired) electrons. The fourth-order valence-corrected chi connectivity index (χ4v) is 4.39. The number of aryl methyl sites for hydroxylation is 1. The molecule has 1 aliphatic rings. The number of aliphatic hydroxyl groups excluding tert-OH is 1. The Kier molecular flexibility index (Phi) is 8.98. The molecule has 2 aromatic rings. The molecule has 0 bridgehead atoms. The van der Waals surface area contributed by atoms with E-state index >= 15 is 0 Å². The second-order valence-electron chi connectivity index (χ2n) is 9.09. The van der Waals surface area contributed by atoms with Gasteiger partial charge in [-0.3, -0.25) is 9.59 Å². The number of rotatable bonds is 11. The van der Waals surface area contributed by atoms with Crippen LogP contribution in [0.1, 0.15) is 42.5 Å². The Morgan fingerprint density at radius 1 is 1.06 bits per heavy atom. The first-order chi connectivity index (χ1) is 17.2. The van der Waals surface area contributed by atoms with Crippen molar-refractivity contribution in [3.05, 3.63) is 58.7 Å². The number of methoxy groups -OCH3 is 2. The zero-order valence-corrected chi connectivity index (χ0v) is 22.0. The van der Waals surface area contributed by atoms with E-state index in [4.69, 9.17) is 14.2 Å². The number of nitrogens with zero attached hydrogens (tertiary/aromatic N) is 2. The lowest BCUT2D eigenvalue weighted by atomic mass is 9.93. The van der Waals surface area contributed by atoms with Crippen LogP contribution < -0.4 is 14.2 Å². The molecule has 2 aromatic carbocycles. The van der Waals surface area contributed by atoms with E-state index in [-0.39, 0.29) is 11.3 Å². The number of aliphatic hydroxyl groups is 1. The number of likely N-dealkylation sites (tertiary alicyclic amines) is 1. The molecule has 0 aliphatic carbocycles. The summed E-state index contributed by atoms with van der Waals surface area (Å²) >= 11 is 0. The minimum absolute atomic E-state index is 0.0578. The van der Waals surface area contributed by atoms with Gasteiger partial charge in [-0.25, -0.2) is 0 Å². The van der Waals surface area contributed by atoms with Gasteiger partial charge in [-0.2, -0.15) is 0 Å². The number of carbonyl (C=O) groups excluding carboxylic acids is 2. The Bertz CT molecular complexity index is 1140. The van der Waals surface area contributed by atoms with Crippen LogP contribution in [0.4, 0.5) is 0 Å². The Labute approximate surface area is 213 Å². The summed E-state index contributed by atoms with van der Waals surface area (Å²) < 4.78 is 16.5. The number of ketones is 1. The highest BCUT2D eigenvalue weighted by Crippen LogP contribution is 2.42. The number of amides is 1. The highest BCUT2D eigenvalue weighted by Gasteiger charge is 2.46. The Morgan fingerprint density at radius 2 is 1.78 bits per heavy atom. The number of hydrogen-bond acceptors (Lipinski definition) is 7. The number of ether oxygens (including phenoxy) is 3. The summed E-state index contributed by atoms with van der Waals surface area (Å²) in [5.41, 5.74) is 1.93. The minimum Gasteiger partial charge on any atom is -0.507 e. The average molecular weight is 497 g/mol. The first kappa shape index (κ1) is 27.1. The predicted octanol–water partition coefficient (Wildman–Crippen LogP) is 4.17. The van der Waals surface area contributed by atoms with Crippen LogP contribution >= 0.6 is 0 Å². The molecule has 8 heteroatoms. The standard InChI is InChI=1S/C28H36N2O6/c1-7-15-36-20-10-11-21(18(2)16-20)26(31)24-25(19-9-12-22(34-5)23(17-19)35-6)30(28(33)27(24)32)14-8-13-29(3)4/h9-12,16-17,25,31H,7-8,13-15H2,1-6H3. The smallest absolute Gasteiger partial charge is 0.295 e. The van der Waals surface area contributed by atoms with Gasteiger partial charge in [-0.05, 0) is 81.9 Å². The number of benzene rings is 2. The fraction of sp³-hybridized carbons (Fsp3) is 0.429. The van der Waals surface area contributed by atoms with Crippen molar-refractivity contribution in [1.29, 1.82) is 0 Å². The Balaban J connectivity index is 2.13. The van der Waals surface area contributed by atoms with Crippen LogP contribution in [0.3, 0.4) is 0 Å². The zero-order chi connectivity index (χ0) is 26.4. The largest absolute Gasteiger partial charge is 0.507 e. The van der Waals surface area contributed by atoms with E-state index in [0.29, 0.717) is 47.9 Å². The minimum atomic E-state index is -0.762. The van der Waals surface area contributed by atoms with Crippen LogP contribution in [0.5, 0.6) is 17.2 Å². The molecule has 194 valence electrons. The third kappa shape index (κ3) is 5.65. The fourth-order valence-electron chi connectivity index (χ4n) is 4.39. The van der Waals surface area contributed by atoms with Crippen molar-refractivity contribution in [2.24, 2.45) is 0 Å². The first-order valence-electron chi connectivity index (χ1n) is 12.1. The van der Waals surface area contributed by atoms with E-state index in [2.05, 4.69) is 0 Å². The molecular weight excluding hydrogens is 460 g/mol. The van der Waals surface area contributed by atoms with Gasteiger partial charge in [0.25, 0.3) is 11.7 Å². The summed E-state index contributed by atoms with van der Waals surface area (Å²) in [6.45, 7) is 5.56. The summed E-state index contributed by atoms with van der Waals surface area (Å²) in [6.07, 6.45) is 1.55. The van der Waals surface area contributed by atoms with Gasteiger partial charge < -0.3 is 29.1 Å². The topological polar surface area (TPSA) is 88.5 Å². The third-order valence-electron chi connectivity index (χ3n) is 6.19. The van der Waals surface area contributed by atoms with Crippen molar-refractivity contribution in [2.75, 3.05) is 48.0 Å². The van der Waals surface area contributed by atoms with Crippen molar-refractivity contribution >= 4 is 17.4 Å². The molecule has 8 nitrogen and oxygen atoms in total. The molecule has 1 unspecified atom stereocenters.